The number of benzene rings is 1. The van der Waals surface area contributed by atoms with E-state index < -0.39 is 5.54 Å². The molecule has 1 aromatic rings. The molecule has 2 N–H and O–H groups in total. The number of carbonyl (C=O) groups is 1. The lowest BCUT2D eigenvalue weighted by atomic mass is 9.94. The number of hydrogen-bond acceptors (Lipinski definition) is 2. The summed E-state index contributed by atoms with van der Waals surface area (Å²) in [7, 11) is 1.64. The molecule has 0 atom stereocenters. The van der Waals surface area contributed by atoms with Crippen molar-refractivity contribution in [1.29, 1.82) is 0 Å². The van der Waals surface area contributed by atoms with E-state index in [2.05, 4.69) is 17.6 Å². The van der Waals surface area contributed by atoms with Gasteiger partial charge in [-0.25, -0.2) is 4.79 Å². The van der Waals surface area contributed by atoms with E-state index in [0.29, 0.717) is 0 Å². The molecule has 0 radical (unpaired) electrons. The maximum atomic E-state index is 11.9. The molecule has 2 amide bonds. The van der Waals surface area contributed by atoms with Crippen molar-refractivity contribution in [3.63, 3.8) is 0 Å². The van der Waals surface area contributed by atoms with Crippen LogP contribution in [0.25, 0.3) is 0 Å². The average Bonchev–Trinajstić information content (AvgIpc) is 2.43. The van der Waals surface area contributed by atoms with Crippen molar-refractivity contribution in [2.45, 2.75) is 45.6 Å². The number of amides is 2. The molecule has 1 aromatic carbocycles. The van der Waals surface area contributed by atoms with Gasteiger partial charge in [0.25, 0.3) is 0 Å². The van der Waals surface area contributed by atoms with Crippen LogP contribution in [-0.2, 0) is 5.54 Å². The summed E-state index contributed by atoms with van der Waals surface area (Å²) in [6, 6.07) is 7.62. The van der Waals surface area contributed by atoms with Crippen LogP contribution in [0.15, 0.2) is 24.3 Å². The van der Waals surface area contributed by atoms with Gasteiger partial charge in [-0.2, -0.15) is 0 Å². The number of unbranched alkanes of at least 4 members (excludes halogenated alkanes) is 2. The van der Waals surface area contributed by atoms with Gasteiger partial charge in [-0.1, -0.05) is 31.9 Å². The summed E-state index contributed by atoms with van der Waals surface area (Å²) in [5.41, 5.74) is 0.628. The first-order valence-corrected chi connectivity index (χ1v) is 7.20. The van der Waals surface area contributed by atoms with Crippen molar-refractivity contribution < 1.29 is 9.53 Å². The zero-order valence-electron chi connectivity index (χ0n) is 13.0. The Bertz CT molecular complexity index is 413. The molecule has 0 aromatic heterocycles. The maximum absolute atomic E-state index is 11.9. The average molecular weight is 278 g/mol. The van der Waals surface area contributed by atoms with Crippen molar-refractivity contribution >= 4 is 6.03 Å². The zero-order valence-corrected chi connectivity index (χ0v) is 13.0. The Morgan fingerprint density at radius 2 is 1.85 bits per heavy atom. The summed E-state index contributed by atoms with van der Waals surface area (Å²) in [5, 5.41) is 5.89. The highest BCUT2D eigenvalue weighted by Gasteiger charge is 2.22. The van der Waals surface area contributed by atoms with E-state index in [9.17, 15) is 4.79 Å². The molecule has 0 saturated heterocycles. The lowest BCUT2D eigenvalue weighted by molar-refractivity contribution is 0.230. The summed E-state index contributed by atoms with van der Waals surface area (Å²) in [6.45, 7) is 6.84. The van der Waals surface area contributed by atoms with Crippen LogP contribution in [0.5, 0.6) is 5.75 Å². The van der Waals surface area contributed by atoms with Crippen LogP contribution in [0.4, 0.5) is 4.79 Å². The molecule has 112 valence electrons. The fourth-order valence-corrected chi connectivity index (χ4v) is 1.98. The van der Waals surface area contributed by atoms with Gasteiger partial charge < -0.3 is 15.4 Å². The monoisotopic (exact) mass is 278 g/mol. The van der Waals surface area contributed by atoms with Crippen LogP contribution < -0.4 is 15.4 Å². The molecule has 4 nitrogen and oxygen atoms in total. The van der Waals surface area contributed by atoms with Gasteiger partial charge in [0, 0.05) is 6.54 Å². The topological polar surface area (TPSA) is 50.4 Å². The van der Waals surface area contributed by atoms with Crippen LogP contribution in [-0.4, -0.2) is 19.7 Å². The van der Waals surface area contributed by atoms with Gasteiger partial charge in [0.05, 0.1) is 12.6 Å². The van der Waals surface area contributed by atoms with Crippen molar-refractivity contribution in [2.24, 2.45) is 0 Å². The molecule has 0 saturated carbocycles. The number of methoxy groups -OCH3 is 1. The SMILES string of the molecule is CCCCCNC(=O)NC(C)(C)c1ccc(OC)cc1. The molecule has 4 heteroatoms. The second-order valence-corrected chi connectivity index (χ2v) is 5.44. The summed E-state index contributed by atoms with van der Waals surface area (Å²) in [6.07, 6.45) is 3.32. The van der Waals surface area contributed by atoms with Crippen LogP contribution >= 0.6 is 0 Å². The minimum atomic E-state index is -0.416. The van der Waals surface area contributed by atoms with Gasteiger partial charge >= 0.3 is 6.03 Å². The highest BCUT2D eigenvalue weighted by Crippen LogP contribution is 2.22. The molecule has 0 spiro atoms. The first-order chi connectivity index (χ1) is 9.49. The standard InChI is InChI=1S/C16H26N2O2/c1-5-6-7-12-17-15(19)18-16(2,3)13-8-10-14(20-4)11-9-13/h8-11H,5-7,12H2,1-4H3,(H2,17,18,19). The molecule has 0 bridgehead atoms. The Balaban J connectivity index is 2.52. The minimum absolute atomic E-state index is 0.123. The molecule has 0 heterocycles. The second-order valence-electron chi connectivity index (χ2n) is 5.44. The van der Waals surface area contributed by atoms with E-state index in [1.165, 1.54) is 0 Å². The predicted octanol–water partition coefficient (Wildman–Crippen LogP) is 3.42. The van der Waals surface area contributed by atoms with E-state index in [0.717, 1.165) is 37.1 Å². The molecule has 0 unspecified atom stereocenters. The van der Waals surface area contributed by atoms with Gasteiger partial charge in [0.2, 0.25) is 0 Å². The third kappa shape index (κ3) is 5.11. The lowest BCUT2D eigenvalue weighted by Crippen LogP contribution is -2.46. The molecule has 0 fully saturated rings. The van der Waals surface area contributed by atoms with E-state index in [-0.39, 0.29) is 6.03 Å². The Hall–Kier alpha value is -1.71. The van der Waals surface area contributed by atoms with Crippen molar-refractivity contribution in [3.8, 4) is 5.75 Å². The van der Waals surface area contributed by atoms with Gasteiger partial charge in [0.15, 0.2) is 0 Å². The smallest absolute Gasteiger partial charge is 0.315 e. The normalized spacial score (nSPS) is 11.0. The maximum Gasteiger partial charge on any atom is 0.315 e. The number of hydrogen-bond donors (Lipinski definition) is 2. The van der Waals surface area contributed by atoms with Crippen molar-refractivity contribution in [1.82, 2.24) is 10.6 Å². The fourth-order valence-electron chi connectivity index (χ4n) is 1.98. The fraction of sp³-hybridized carbons (Fsp3) is 0.562. The number of rotatable bonds is 7. The molecule has 0 aliphatic heterocycles. The molecule has 0 aliphatic carbocycles. The van der Waals surface area contributed by atoms with Crippen molar-refractivity contribution in [3.05, 3.63) is 29.8 Å². The van der Waals surface area contributed by atoms with E-state index >= 15 is 0 Å². The first-order valence-electron chi connectivity index (χ1n) is 7.20. The molecular formula is C16H26N2O2. The Labute approximate surface area is 121 Å². The predicted molar refractivity (Wildman–Crippen MR) is 82.1 cm³/mol. The molecule has 0 aliphatic rings. The number of carbonyl (C=O) groups excluding carboxylic acids is 1. The van der Waals surface area contributed by atoms with Crippen LogP contribution in [0.3, 0.4) is 0 Å². The number of nitrogens with one attached hydrogen (secondary N) is 2. The Kier molecular flexibility index (Phi) is 6.36. The van der Waals surface area contributed by atoms with Gasteiger partial charge in [-0.15, -0.1) is 0 Å². The van der Waals surface area contributed by atoms with Gasteiger partial charge in [-0.05, 0) is 38.0 Å². The van der Waals surface area contributed by atoms with Crippen LogP contribution in [0.2, 0.25) is 0 Å². The molecule has 20 heavy (non-hydrogen) atoms. The number of ether oxygens (including phenoxy) is 1. The summed E-state index contributed by atoms with van der Waals surface area (Å²) < 4.78 is 5.14. The first kappa shape index (κ1) is 16.3. The highest BCUT2D eigenvalue weighted by atomic mass is 16.5. The van der Waals surface area contributed by atoms with Crippen LogP contribution in [0, 0.1) is 0 Å². The Morgan fingerprint density at radius 3 is 2.40 bits per heavy atom. The summed E-state index contributed by atoms with van der Waals surface area (Å²) >= 11 is 0. The quantitative estimate of drug-likeness (QED) is 0.751. The largest absolute Gasteiger partial charge is 0.497 e. The minimum Gasteiger partial charge on any atom is -0.497 e. The van der Waals surface area contributed by atoms with Crippen LogP contribution in [0.1, 0.15) is 45.6 Å². The molecule has 1 rings (SSSR count). The molecular weight excluding hydrogens is 252 g/mol. The van der Waals surface area contributed by atoms with Crippen molar-refractivity contribution in [2.75, 3.05) is 13.7 Å². The second kappa shape index (κ2) is 7.78. The van der Waals surface area contributed by atoms with E-state index in [4.69, 9.17) is 4.74 Å². The highest BCUT2D eigenvalue weighted by molar-refractivity contribution is 5.74. The lowest BCUT2D eigenvalue weighted by Gasteiger charge is -2.27. The van der Waals surface area contributed by atoms with Gasteiger partial charge in [-0.3, -0.25) is 0 Å². The van der Waals surface area contributed by atoms with E-state index in [1.54, 1.807) is 7.11 Å². The summed E-state index contributed by atoms with van der Waals surface area (Å²) in [4.78, 5) is 11.9. The Morgan fingerprint density at radius 1 is 1.20 bits per heavy atom. The number of urea groups is 1. The third-order valence-electron chi connectivity index (χ3n) is 3.30. The third-order valence-corrected chi connectivity index (χ3v) is 3.30. The summed E-state index contributed by atoms with van der Waals surface area (Å²) in [5.74, 6) is 0.813. The van der Waals surface area contributed by atoms with E-state index in [1.807, 2.05) is 38.1 Å². The zero-order chi connectivity index (χ0) is 15.0. The van der Waals surface area contributed by atoms with Gasteiger partial charge in [0.1, 0.15) is 5.75 Å².